The van der Waals surface area contributed by atoms with E-state index in [1.165, 1.54) is 6.07 Å². The van der Waals surface area contributed by atoms with Gasteiger partial charge in [0.05, 0.1) is 4.92 Å². The van der Waals surface area contributed by atoms with Crippen molar-refractivity contribution in [1.29, 1.82) is 0 Å². The summed E-state index contributed by atoms with van der Waals surface area (Å²) in [5.74, 6) is -1.22. The standard InChI is InChI=1S/C10H10ClNO5/c1-6-3-2-4-8(9(6)12(15)16)17-5-7(11)10(13)14/h2-4,7H,5H2,1H3,(H,13,14). The van der Waals surface area contributed by atoms with Crippen LogP contribution in [0.25, 0.3) is 0 Å². The third kappa shape index (κ3) is 3.32. The molecule has 0 radical (unpaired) electrons. The summed E-state index contributed by atoms with van der Waals surface area (Å²) in [6.45, 7) is 1.24. The van der Waals surface area contributed by atoms with Gasteiger partial charge in [-0.15, -0.1) is 11.6 Å². The number of nitro benzene ring substituents is 1. The van der Waals surface area contributed by atoms with Crippen molar-refractivity contribution < 1.29 is 19.6 Å². The minimum Gasteiger partial charge on any atom is -0.485 e. The Kier molecular flexibility index (Phi) is 4.28. The van der Waals surface area contributed by atoms with Crippen molar-refractivity contribution >= 4 is 23.3 Å². The molecule has 0 saturated carbocycles. The maximum absolute atomic E-state index is 10.8. The second-order valence-electron chi connectivity index (χ2n) is 3.30. The molecule has 0 aromatic heterocycles. The highest BCUT2D eigenvalue weighted by molar-refractivity contribution is 6.29. The van der Waals surface area contributed by atoms with Gasteiger partial charge in [0.25, 0.3) is 0 Å². The molecule has 1 atom stereocenters. The average molecular weight is 260 g/mol. The van der Waals surface area contributed by atoms with Gasteiger partial charge in [0.15, 0.2) is 11.1 Å². The summed E-state index contributed by atoms with van der Waals surface area (Å²) in [7, 11) is 0. The highest BCUT2D eigenvalue weighted by Gasteiger charge is 2.21. The average Bonchev–Trinajstić information content (AvgIpc) is 2.24. The number of nitrogens with zero attached hydrogens (tertiary/aromatic N) is 1. The number of aryl methyl sites for hydroxylation is 1. The van der Waals surface area contributed by atoms with Crippen molar-refractivity contribution in [3.8, 4) is 5.75 Å². The first-order valence-electron chi connectivity index (χ1n) is 4.67. The van der Waals surface area contributed by atoms with Crippen LogP contribution in [0.5, 0.6) is 5.75 Å². The number of ether oxygens (including phenoxy) is 1. The van der Waals surface area contributed by atoms with Crippen LogP contribution in [0.15, 0.2) is 18.2 Å². The smallest absolute Gasteiger partial charge is 0.325 e. The van der Waals surface area contributed by atoms with E-state index in [0.717, 1.165) is 0 Å². The zero-order chi connectivity index (χ0) is 13.0. The minimum atomic E-state index is -1.24. The Balaban J connectivity index is 2.88. The molecule has 1 rings (SSSR count). The largest absolute Gasteiger partial charge is 0.485 e. The van der Waals surface area contributed by atoms with Crippen molar-refractivity contribution in [2.45, 2.75) is 12.3 Å². The fourth-order valence-electron chi connectivity index (χ4n) is 1.22. The van der Waals surface area contributed by atoms with Gasteiger partial charge in [0.1, 0.15) is 6.61 Å². The molecule has 0 bridgehead atoms. The second kappa shape index (κ2) is 5.49. The Labute approximate surface area is 102 Å². The van der Waals surface area contributed by atoms with Crippen LogP contribution < -0.4 is 4.74 Å². The Morgan fingerprint density at radius 2 is 2.29 bits per heavy atom. The zero-order valence-corrected chi connectivity index (χ0v) is 9.68. The normalized spacial score (nSPS) is 11.9. The van der Waals surface area contributed by atoms with Gasteiger partial charge in [-0.05, 0) is 13.0 Å². The van der Waals surface area contributed by atoms with E-state index in [4.69, 9.17) is 21.4 Å². The number of benzene rings is 1. The van der Waals surface area contributed by atoms with Crippen LogP contribution in [0.2, 0.25) is 0 Å². The molecule has 0 saturated heterocycles. The number of halogens is 1. The van der Waals surface area contributed by atoms with Crippen molar-refractivity contribution in [1.82, 2.24) is 0 Å². The maximum atomic E-state index is 10.8. The molecule has 1 N–H and O–H groups in total. The van der Waals surface area contributed by atoms with Crippen molar-refractivity contribution in [2.75, 3.05) is 6.61 Å². The monoisotopic (exact) mass is 259 g/mol. The van der Waals surface area contributed by atoms with Gasteiger partial charge in [0, 0.05) is 5.56 Å². The highest BCUT2D eigenvalue weighted by Crippen LogP contribution is 2.30. The first-order chi connectivity index (χ1) is 7.93. The van der Waals surface area contributed by atoms with E-state index in [2.05, 4.69) is 0 Å². The number of alkyl halides is 1. The van der Waals surface area contributed by atoms with E-state index in [9.17, 15) is 14.9 Å². The number of hydrogen-bond acceptors (Lipinski definition) is 4. The molecule has 6 nitrogen and oxygen atoms in total. The molecule has 0 amide bonds. The Bertz CT molecular complexity index is 448. The van der Waals surface area contributed by atoms with Crippen molar-refractivity contribution in [3.63, 3.8) is 0 Å². The number of hydrogen-bond donors (Lipinski definition) is 1. The van der Waals surface area contributed by atoms with Crippen molar-refractivity contribution in [3.05, 3.63) is 33.9 Å². The second-order valence-corrected chi connectivity index (χ2v) is 3.82. The van der Waals surface area contributed by atoms with E-state index in [1.54, 1.807) is 19.1 Å². The number of carboxylic acid groups (broad SMARTS) is 1. The summed E-state index contributed by atoms with van der Waals surface area (Å²) in [5, 5.41) is 18.1. The van der Waals surface area contributed by atoms with Gasteiger partial charge in [-0.1, -0.05) is 12.1 Å². The number of rotatable bonds is 5. The zero-order valence-electron chi connectivity index (χ0n) is 8.92. The van der Waals surface area contributed by atoms with E-state index in [-0.39, 0.29) is 18.0 Å². The van der Waals surface area contributed by atoms with Gasteiger partial charge in [-0.25, -0.2) is 0 Å². The number of aliphatic carboxylic acids is 1. The van der Waals surface area contributed by atoms with Crippen LogP contribution in [-0.4, -0.2) is 28.0 Å². The van der Waals surface area contributed by atoms with Gasteiger partial charge >= 0.3 is 11.7 Å². The summed E-state index contributed by atoms with van der Waals surface area (Å²) in [6.07, 6.45) is 0. The first-order valence-corrected chi connectivity index (χ1v) is 5.10. The first kappa shape index (κ1) is 13.2. The molecule has 17 heavy (non-hydrogen) atoms. The minimum absolute atomic E-state index is 0.0156. The van der Waals surface area contributed by atoms with Gasteiger partial charge in [-0.3, -0.25) is 14.9 Å². The van der Waals surface area contributed by atoms with Gasteiger partial charge < -0.3 is 9.84 Å². The highest BCUT2D eigenvalue weighted by atomic mass is 35.5. The van der Waals surface area contributed by atoms with Gasteiger partial charge in [0.2, 0.25) is 0 Å². The van der Waals surface area contributed by atoms with Crippen LogP contribution in [0.3, 0.4) is 0 Å². The van der Waals surface area contributed by atoms with E-state index in [1.807, 2.05) is 0 Å². The molecule has 0 fully saturated rings. The Morgan fingerprint density at radius 3 is 2.82 bits per heavy atom. The summed E-state index contributed by atoms with van der Waals surface area (Å²) in [4.78, 5) is 20.7. The molecular weight excluding hydrogens is 250 g/mol. The van der Waals surface area contributed by atoms with E-state index in [0.29, 0.717) is 5.56 Å². The molecule has 1 aromatic rings. The Morgan fingerprint density at radius 1 is 1.65 bits per heavy atom. The molecule has 1 unspecified atom stereocenters. The number of carboxylic acids is 1. The van der Waals surface area contributed by atoms with Crippen LogP contribution in [0.4, 0.5) is 5.69 Å². The molecule has 0 heterocycles. The summed E-state index contributed by atoms with van der Waals surface area (Å²) < 4.78 is 5.05. The predicted octanol–water partition coefficient (Wildman–Crippen LogP) is 1.97. The molecule has 0 aliphatic heterocycles. The summed E-state index contributed by atoms with van der Waals surface area (Å²) >= 11 is 5.44. The molecule has 1 aromatic carbocycles. The lowest BCUT2D eigenvalue weighted by Gasteiger charge is -2.09. The van der Waals surface area contributed by atoms with Crippen molar-refractivity contribution in [2.24, 2.45) is 0 Å². The predicted molar refractivity (Wildman–Crippen MR) is 60.6 cm³/mol. The lowest BCUT2D eigenvalue weighted by atomic mass is 10.2. The van der Waals surface area contributed by atoms with Crippen LogP contribution in [0, 0.1) is 17.0 Å². The lowest BCUT2D eigenvalue weighted by Crippen LogP contribution is -2.21. The third-order valence-electron chi connectivity index (χ3n) is 2.04. The molecule has 92 valence electrons. The number of para-hydroxylation sites is 1. The third-order valence-corrected chi connectivity index (χ3v) is 2.35. The van der Waals surface area contributed by atoms with Crippen LogP contribution in [-0.2, 0) is 4.79 Å². The Hall–Kier alpha value is -1.82. The summed E-state index contributed by atoms with van der Waals surface area (Å²) in [5.41, 5.74) is 0.260. The van der Waals surface area contributed by atoms with E-state index >= 15 is 0 Å². The SMILES string of the molecule is Cc1cccc(OCC(Cl)C(=O)O)c1[N+](=O)[O-]. The quantitative estimate of drug-likeness (QED) is 0.496. The molecular formula is C10H10ClNO5. The number of carbonyl (C=O) groups is 1. The molecule has 0 aliphatic carbocycles. The topological polar surface area (TPSA) is 89.7 Å². The van der Waals surface area contributed by atoms with Gasteiger partial charge in [-0.2, -0.15) is 0 Å². The fourth-order valence-corrected chi connectivity index (χ4v) is 1.28. The number of nitro groups is 1. The van der Waals surface area contributed by atoms with Crippen LogP contribution in [0.1, 0.15) is 5.56 Å². The van der Waals surface area contributed by atoms with E-state index < -0.39 is 16.3 Å². The lowest BCUT2D eigenvalue weighted by molar-refractivity contribution is -0.386. The molecule has 0 spiro atoms. The summed E-state index contributed by atoms with van der Waals surface area (Å²) in [6, 6.07) is 4.55. The molecule has 7 heteroatoms. The molecule has 0 aliphatic rings. The maximum Gasteiger partial charge on any atom is 0.325 e. The van der Waals surface area contributed by atoms with Crippen LogP contribution >= 0.6 is 11.6 Å². The fraction of sp³-hybridized carbons (Fsp3) is 0.300.